The Morgan fingerprint density at radius 2 is 1.69 bits per heavy atom. The fraction of sp³-hybridized carbons (Fsp3) is 0.105. The van der Waals surface area contributed by atoms with Gasteiger partial charge in [-0.05, 0) is 82.3 Å². The van der Waals surface area contributed by atoms with Crippen LogP contribution in [0.3, 0.4) is 0 Å². The Kier molecular flexibility index (Phi) is 7.62. The van der Waals surface area contributed by atoms with E-state index >= 15 is 0 Å². The van der Waals surface area contributed by atoms with Crippen LogP contribution >= 0.6 is 75.5 Å². The van der Waals surface area contributed by atoms with Crippen LogP contribution in [0.4, 0.5) is 5.69 Å². The fourth-order valence-corrected chi connectivity index (χ4v) is 7.21. The summed E-state index contributed by atoms with van der Waals surface area (Å²) in [6.07, 6.45) is 0. The molecule has 0 radical (unpaired) electrons. The Hall–Kier alpha value is -0.990. The Labute approximate surface area is 222 Å². The maximum atomic E-state index is 12.6. The lowest BCUT2D eigenvalue weighted by Crippen LogP contribution is -2.16. The predicted octanol–water partition coefficient (Wildman–Crippen LogP) is 6.42. The second-order valence-electron chi connectivity index (χ2n) is 6.54. The number of hydrogen-bond donors (Lipinski definition) is 1. The average molecular weight is 727 g/mol. The van der Waals surface area contributed by atoms with E-state index in [0.717, 1.165) is 32.6 Å². The molecule has 0 atom stereocenters. The summed E-state index contributed by atoms with van der Waals surface area (Å²) in [4.78, 5) is 4.13. The van der Waals surface area contributed by atoms with Crippen LogP contribution in [-0.2, 0) is 16.6 Å². The highest BCUT2D eigenvalue weighted by molar-refractivity contribution is 9.11. The SMILES string of the molecule is O=S(=O)(CSc1nnc(Br)n1Cc1ccc(Br)c2ccccc12)Nc1ccc(Br)nc1Br. The third-order valence-corrected chi connectivity index (χ3v) is 9.51. The molecule has 0 saturated carbocycles. The summed E-state index contributed by atoms with van der Waals surface area (Å²) in [5.41, 5.74) is 1.43. The molecule has 2 aromatic heterocycles. The number of rotatable bonds is 7. The Morgan fingerprint density at radius 3 is 2.44 bits per heavy atom. The number of pyridine rings is 1. The molecule has 0 amide bonds. The first-order valence-electron chi connectivity index (χ1n) is 8.94. The lowest BCUT2D eigenvalue weighted by atomic mass is 10.0. The molecule has 0 aliphatic carbocycles. The van der Waals surface area contributed by atoms with Crippen molar-refractivity contribution in [3.8, 4) is 0 Å². The van der Waals surface area contributed by atoms with E-state index in [0.29, 0.717) is 31.3 Å². The molecule has 0 aliphatic rings. The highest BCUT2D eigenvalue weighted by Crippen LogP contribution is 2.30. The van der Waals surface area contributed by atoms with Crippen molar-refractivity contribution in [2.45, 2.75) is 11.7 Å². The van der Waals surface area contributed by atoms with Crippen LogP contribution in [0.2, 0.25) is 0 Å². The average Bonchev–Trinajstić information content (AvgIpc) is 3.10. The van der Waals surface area contributed by atoms with Crippen LogP contribution in [0.25, 0.3) is 10.8 Å². The molecular formula is C19H13Br4N5O2S2. The third kappa shape index (κ3) is 5.55. The van der Waals surface area contributed by atoms with Crippen molar-refractivity contribution < 1.29 is 8.42 Å². The molecule has 2 heterocycles. The summed E-state index contributed by atoms with van der Waals surface area (Å²) in [6.45, 7) is 0.485. The van der Waals surface area contributed by atoms with Gasteiger partial charge < -0.3 is 0 Å². The summed E-state index contributed by atoms with van der Waals surface area (Å²) >= 11 is 14.6. The Bertz CT molecular complexity index is 1410. The number of halogens is 4. The normalized spacial score (nSPS) is 11.8. The van der Waals surface area contributed by atoms with Crippen LogP contribution in [0, 0.1) is 0 Å². The number of benzene rings is 2. The van der Waals surface area contributed by atoms with Gasteiger partial charge in [0.2, 0.25) is 14.8 Å². The van der Waals surface area contributed by atoms with Crippen LogP contribution in [-0.4, -0.2) is 33.3 Å². The first-order chi connectivity index (χ1) is 15.2. The van der Waals surface area contributed by atoms with Gasteiger partial charge in [0.25, 0.3) is 0 Å². The van der Waals surface area contributed by atoms with Gasteiger partial charge in [-0.3, -0.25) is 9.29 Å². The first kappa shape index (κ1) is 24.1. The van der Waals surface area contributed by atoms with E-state index in [4.69, 9.17) is 0 Å². The van der Waals surface area contributed by atoms with Crippen LogP contribution in [0.5, 0.6) is 0 Å². The molecule has 166 valence electrons. The molecule has 0 unspecified atom stereocenters. The van der Waals surface area contributed by atoms with E-state index in [-0.39, 0.29) is 5.08 Å². The van der Waals surface area contributed by atoms with Gasteiger partial charge in [0.15, 0.2) is 5.16 Å². The maximum Gasteiger partial charge on any atom is 0.242 e. The first-order valence-corrected chi connectivity index (χ1v) is 14.7. The van der Waals surface area contributed by atoms with E-state index in [2.05, 4.69) is 89.7 Å². The number of nitrogens with one attached hydrogen (secondary N) is 1. The second kappa shape index (κ2) is 10.1. The summed E-state index contributed by atoms with van der Waals surface area (Å²) in [7, 11) is -3.66. The van der Waals surface area contributed by atoms with E-state index in [1.165, 1.54) is 0 Å². The molecule has 4 aromatic rings. The fourth-order valence-electron chi connectivity index (χ4n) is 2.96. The van der Waals surface area contributed by atoms with Crippen LogP contribution < -0.4 is 4.72 Å². The van der Waals surface area contributed by atoms with Crippen molar-refractivity contribution in [3.05, 3.63) is 72.5 Å². The number of hydrogen-bond acceptors (Lipinski definition) is 6. The quantitative estimate of drug-likeness (QED) is 0.175. The zero-order valence-electron chi connectivity index (χ0n) is 16.0. The number of anilines is 1. The molecule has 7 nitrogen and oxygen atoms in total. The van der Waals surface area contributed by atoms with E-state index in [1.807, 2.05) is 34.9 Å². The van der Waals surface area contributed by atoms with Crippen molar-refractivity contribution in [2.24, 2.45) is 0 Å². The van der Waals surface area contributed by atoms with Gasteiger partial charge in [-0.2, -0.15) is 0 Å². The molecule has 4 rings (SSSR count). The minimum atomic E-state index is -3.66. The lowest BCUT2D eigenvalue weighted by molar-refractivity contribution is 0.605. The van der Waals surface area contributed by atoms with E-state index < -0.39 is 10.0 Å². The van der Waals surface area contributed by atoms with Gasteiger partial charge in [-0.1, -0.05) is 58.0 Å². The maximum absolute atomic E-state index is 12.6. The summed E-state index contributed by atoms with van der Waals surface area (Å²) < 4.78 is 32.2. The molecule has 0 fully saturated rings. The Morgan fingerprint density at radius 1 is 0.938 bits per heavy atom. The number of thioether (sulfide) groups is 1. The van der Waals surface area contributed by atoms with Gasteiger partial charge >= 0.3 is 0 Å². The molecule has 2 aromatic carbocycles. The zero-order valence-corrected chi connectivity index (χ0v) is 23.9. The van der Waals surface area contributed by atoms with Gasteiger partial charge in [-0.25, -0.2) is 13.4 Å². The summed E-state index contributed by atoms with van der Waals surface area (Å²) in [5.74, 6) is 0. The van der Waals surface area contributed by atoms with Crippen LogP contribution in [0.1, 0.15) is 5.56 Å². The van der Waals surface area contributed by atoms with Crippen LogP contribution in [0.15, 0.2) is 72.1 Å². The molecular weight excluding hydrogens is 714 g/mol. The van der Waals surface area contributed by atoms with E-state index in [1.54, 1.807) is 12.1 Å². The molecule has 13 heteroatoms. The molecule has 0 spiro atoms. The number of sulfonamides is 1. The van der Waals surface area contributed by atoms with Gasteiger partial charge in [0, 0.05) is 4.47 Å². The van der Waals surface area contributed by atoms with Crippen molar-refractivity contribution in [2.75, 3.05) is 9.81 Å². The standard InChI is InChI=1S/C19H13Br4N5O2S2/c20-14-6-5-11(12-3-1-2-4-13(12)14)9-28-18(23)25-26-19(28)31-10-32(29,30)27-15-7-8-16(21)24-17(15)22/h1-8,27H,9-10H2. The molecule has 0 bridgehead atoms. The highest BCUT2D eigenvalue weighted by atomic mass is 79.9. The van der Waals surface area contributed by atoms with Crippen molar-refractivity contribution >= 4 is 102 Å². The number of fused-ring (bicyclic) bond motifs is 1. The smallest absolute Gasteiger partial charge is 0.242 e. The van der Waals surface area contributed by atoms with Crippen molar-refractivity contribution in [1.82, 2.24) is 19.7 Å². The molecule has 1 N–H and O–H groups in total. The Balaban J connectivity index is 1.54. The van der Waals surface area contributed by atoms with Gasteiger partial charge in [0.1, 0.15) is 14.3 Å². The summed E-state index contributed by atoms with van der Waals surface area (Å²) in [6, 6.07) is 15.4. The summed E-state index contributed by atoms with van der Waals surface area (Å²) in [5, 5.41) is 10.7. The van der Waals surface area contributed by atoms with E-state index in [9.17, 15) is 8.42 Å². The molecule has 32 heavy (non-hydrogen) atoms. The highest BCUT2D eigenvalue weighted by Gasteiger charge is 2.19. The number of aromatic nitrogens is 4. The number of nitrogens with zero attached hydrogens (tertiary/aromatic N) is 4. The van der Waals surface area contributed by atoms with Crippen molar-refractivity contribution in [3.63, 3.8) is 0 Å². The second-order valence-corrected chi connectivity index (χ2v) is 12.7. The minimum Gasteiger partial charge on any atom is -0.292 e. The lowest BCUT2D eigenvalue weighted by Gasteiger charge is -2.12. The molecule has 0 saturated heterocycles. The third-order valence-electron chi connectivity index (χ3n) is 4.38. The topological polar surface area (TPSA) is 89.8 Å². The largest absolute Gasteiger partial charge is 0.292 e. The minimum absolute atomic E-state index is 0.234. The predicted molar refractivity (Wildman–Crippen MR) is 141 cm³/mol. The monoisotopic (exact) mass is 723 g/mol. The molecule has 0 aliphatic heterocycles. The van der Waals surface area contributed by atoms with Gasteiger partial charge in [0.05, 0.1) is 12.2 Å². The van der Waals surface area contributed by atoms with Crippen molar-refractivity contribution in [1.29, 1.82) is 0 Å². The zero-order chi connectivity index (χ0) is 22.9. The van der Waals surface area contributed by atoms with Gasteiger partial charge in [-0.15, -0.1) is 10.2 Å².